The highest BCUT2D eigenvalue weighted by Gasteiger charge is 1.95. The molecule has 0 heterocycles. The maximum absolute atomic E-state index is 10.2. The van der Waals surface area contributed by atoms with E-state index in [9.17, 15) is 9.59 Å². The van der Waals surface area contributed by atoms with Gasteiger partial charge < -0.3 is 14.7 Å². The normalized spacial score (nSPS) is 9.41. The Morgan fingerprint density at radius 3 is 1.59 bits per heavy atom. The van der Waals surface area contributed by atoms with Gasteiger partial charge in [0.25, 0.3) is 0 Å². The fourth-order valence-corrected chi connectivity index (χ4v) is 1.24. The van der Waals surface area contributed by atoms with Crippen LogP contribution in [-0.4, -0.2) is 23.3 Å². The molecule has 0 fully saturated rings. The van der Waals surface area contributed by atoms with Gasteiger partial charge >= 0.3 is 0 Å². The minimum absolute atomic E-state index is 0.0835. The molecule has 0 spiro atoms. The van der Waals surface area contributed by atoms with Gasteiger partial charge in [-0.2, -0.15) is 0 Å². The number of ketones is 2. The lowest BCUT2D eigenvalue weighted by molar-refractivity contribution is -0.122. The average Bonchev–Trinajstić information content (AvgIpc) is 2.27. The SMILES string of the molecule is CC(=O)CCC(C)=O.CCCCCCCCO. The van der Waals surface area contributed by atoms with E-state index in [2.05, 4.69) is 6.92 Å². The van der Waals surface area contributed by atoms with Crippen LogP contribution in [0, 0.1) is 0 Å². The van der Waals surface area contributed by atoms with Crippen molar-refractivity contribution in [2.45, 2.75) is 72.1 Å². The van der Waals surface area contributed by atoms with Crippen LogP contribution in [0.2, 0.25) is 0 Å². The van der Waals surface area contributed by atoms with E-state index >= 15 is 0 Å². The zero-order valence-corrected chi connectivity index (χ0v) is 11.6. The molecule has 3 nitrogen and oxygen atoms in total. The van der Waals surface area contributed by atoms with Crippen LogP contribution in [0.25, 0.3) is 0 Å². The number of hydrogen-bond acceptors (Lipinski definition) is 3. The predicted molar refractivity (Wildman–Crippen MR) is 71.1 cm³/mol. The monoisotopic (exact) mass is 244 g/mol. The van der Waals surface area contributed by atoms with Crippen molar-refractivity contribution in [2.75, 3.05) is 6.61 Å². The van der Waals surface area contributed by atoms with Crippen molar-refractivity contribution in [3.8, 4) is 0 Å². The standard InChI is InChI=1S/C8H18O.C6H10O2/c1-2-3-4-5-6-7-8-9;1-5(7)3-4-6(2)8/h9H,2-8H2,1H3;3-4H2,1-2H3. The second kappa shape index (κ2) is 15.3. The molecular formula is C14H28O3. The Balaban J connectivity index is 0. The minimum Gasteiger partial charge on any atom is -0.396 e. The summed E-state index contributed by atoms with van der Waals surface area (Å²) in [4.78, 5) is 20.4. The Morgan fingerprint density at radius 1 is 0.824 bits per heavy atom. The summed E-state index contributed by atoms with van der Waals surface area (Å²) in [5.74, 6) is 0.167. The van der Waals surface area contributed by atoms with Crippen LogP contribution >= 0.6 is 0 Å². The highest BCUT2D eigenvalue weighted by molar-refractivity contribution is 5.83. The van der Waals surface area contributed by atoms with Gasteiger partial charge in [-0.3, -0.25) is 0 Å². The number of aliphatic hydroxyl groups is 1. The first-order chi connectivity index (χ1) is 8.04. The van der Waals surface area contributed by atoms with E-state index in [1.54, 1.807) is 0 Å². The van der Waals surface area contributed by atoms with Crippen LogP contribution in [0.4, 0.5) is 0 Å². The smallest absolute Gasteiger partial charge is 0.130 e. The molecule has 0 aliphatic rings. The number of carbonyl (C=O) groups excluding carboxylic acids is 2. The summed E-state index contributed by atoms with van der Waals surface area (Å²) in [6.45, 7) is 5.56. The van der Waals surface area contributed by atoms with Crippen LogP contribution in [0.5, 0.6) is 0 Å². The van der Waals surface area contributed by atoms with E-state index in [0.29, 0.717) is 19.4 Å². The summed E-state index contributed by atoms with van der Waals surface area (Å²) >= 11 is 0. The molecule has 1 N–H and O–H groups in total. The Morgan fingerprint density at radius 2 is 1.24 bits per heavy atom. The Hall–Kier alpha value is -0.700. The molecule has 3 heteroatoms. The lowest BCUT2D eigenvalue weighted by Crippen LogP contribution is -1.95. The number of unbranched alkanes of at least 4 members (excludes halogenated alkanes) is 5. The predicted octanol–water partition coefficient (Wildman–Crippen LogP) is 3.28. The van der Waals surface area contributed by atoms with E-state index < -0.39 is 0 Å². The van der Waals surface area contributed by atoms with Crippen molar-refractivity contribution < 1.29 is 14.7 Å². The maximum atomic E-state index is 10.2. The quantitative estimate of drug-likeness (QED) is 0.633. The number of carbonyl (C=O) groups is 2. The first-order valence-corrected chi connectivity index (χ1v) is 6.64. The lowest BCUT2D eigenvalue weighted by atomic mass is 10.1. The molecular weight excluding hydrogens is 216 g/mol. The Labute approximate surface area is 106 Å². The van der Waals surface area contributed by atoms with E-state index in [-0.39, 0.29) is 11.6 Å². The molecule has 17 heavy (non-hydrogen) atoms. The van der Waals surface area contributed by atoms with Crippen LogP contribution in [-0.2, 0) is 9.59 Å². The van der Waals surface area contributed by atoms with Gasteiger partial charge in [0.1, 0.15) is 11.6 Å². The van der Waals surface area contributed by atoms with E-state index in [1.165, 1.54) is 46.0 Å². The molecule has 102 valence electrons. The van der Waals surface area contributed by atoms with Gasteiger partial charge in [-0.1, -0.05) is 39.0 Å². The molecule has 0 atom stereocenters. The van der Waals surface area contributed by atoms with Gasteiger partial charge in [0.2, 0.25) is 0 Å². The summed E-state index contributed by atoms with van der Waals surface area (Å²) < 4.78 is 0. The summed E-state index contributed by atoms with van der Waals surface area (Å²) in [5, 5.41) is 8.42. The van der Waals surface area contributed by atoms with Crippen LogP contribution < -0.4 is 0 Å². The fraction of sp³-hybridized carbons (Fsp3) is 0.857. The van der Waals surface area contributed by atoms with Gasteiger partial charge in [0, 0.05) is 19.4 Å². The van der Waals surface area contributed by atoms with Crippen LogP contribution in [0.1, 0.15) is 72.1 Å². The van der Waals surface area contributed by atoms with E-state index in [0.717, 1.165) is 6.42 Å². The molecule has 0 rings (SSSR count). The highest BCUT2D eigenvalue weighted by atomic mass is 16.2. The topological polar surface area (TPSA) is 54.4 Å². The molecule has 0 radical (unpaired) electrons. The van der Waals surface area contributed by atoms with Gasteiger partial charge in [0.05, 0.1) is 0 Å². The average molecular weight is 244 g/mol. The maximum Gasteiger partial charge on any atom is 0.130 e. The molecule has 0 aromatic carbocycles. The summed E-state index contributed by atoms with van der Waals surface area (Å²) in [6.07, 6.45) is 8.29. The summed E-state index contributed by atoms with van der Waals surface area (Å²) in [6, 6.07) is 0. The summed E-state index contributed by atoms with van der Waals surface area (Å²) in [7, 11) is 0. The zero-order valence-electron chi connectivity index (χ0n) is 11.6. The molecule has 0 aliphatic carbocycles. The largest absolute Gasteiger partial charge is 0.396 e. The van der Waals surface area contributed by atoms with Crippen LogP contribution in [0.3, 0.4) is 0 Å². The Bertz CT molecular complexity index is 168. The van der Waals surface area contributed by atoms with Crippen molar-refractivity contribution >= 4 is 11.6 Å². The lowest BCUT2D eigenvalue weighted by Gasteiger charge is -1.95. The van der Waals surface area contributed by atoms with E-state index in [1.807, 2.05) is 0 Å². The third kappa shape index (κ3) is 25.5. The van der Waals surface area contributed by atoms with Crippen molar-refractivity contribution in [1.82, 2.24) is 0 Å². The molecule has 0 amide bonds. The fourth-order valence-electron chi connectivity index (χ4n) is 1.24. The van der Waals surface area contributed by atoms with Crippen molar-refractivity contribution in [3.05, 3.63) is 0 Å². The minimum atomic E-state index is 0.0835. The number of aliphatic hydroxyl groups excluding tert-OH is 1. The summed E-state index contributed by atoms with van der Waals surface area (Å²) in [5.41, 5.74) is 0. The zero-order chi connectivity index (χ0) is 13.5. The van der Waals surface area contributed by atoms with Crippen molar-refractivity contribution in [2.24, 2.45) is 0 Å². The van der Waals surface area contributed by atoms with Gasteiger partial charge in [-0.15, -0.1) is 0 Å². The molecule has 0 unspecified atom stereocenters. The third-order valence-corrected chi connectivity index (χ3v) is 2.34. The molecule has 0 saturated carbocycles. The molecule has 0 aromatic rings. The van der Waals surface area contributed by atoms with E-state index in [4.69, 9.17) is 5.11 Å². The molecule has 0 aromatic heterocycles. The number of Topliss-reactive ketones (excluding diaryl/α,β-unsaturated/α-hetero) is 2. The van der Waals surface area contributed by atoms with Gasteiger partial charge in [0.15, 0.2) is 0 Å². The van der Waals surface area contributed by atoms with Crippen molar-refractivity contribution in [3.63, 3.8) is 0 Å². The van der Waals surface area contributed by atoms with Crippen LogP contribution in [0.15, 0.2) is 0 Å². The second-order valence-electron chi connectivity index (χ2n) is 4.40. The number of rotatable bonds is 9. The van der Waals surface area contributed by atoms with Gasteiger partial charge in [-0.25, -0.2) is 0 Å². The van der Waals surface area contributed by atoms with Gasteiger partial charge in [-0.05, 0) is 20.3 Å². The molecule has 0 saturated heterocycles. The third-order valence-electron chi connectivity index (χ3n) is 2.34. The number of hydrogen-bond donors (Lipinski definition) is 1. The molecule has 0 bridgehead atoms. The Kier molecular flexibility index (Phi) is 16.8. The molecule has 0 aliphatic heterocycles. The first kappa shape index (κ1) is 18.7. The highest BCUT2D eigenvalue weighted by Crippen LogP contribution is 2.03. The second-order valence-corrected chi connectivity index (χ2v) is 4.40. The van der Waals surface area contributed by atoms with Crippen molar-refractivity contribution in [1.29, 1.82) is 0 Å². The first-order valence-electron chi connectivity index (χ1n) is 6.64.